The van der Waals surface area contributed by atoms with Gasteiger partial charge in [-0.3, -0.25) is 14.8 Å². The van der Waals surface area contributed by atoms with Crippen LogP contribution in [-0.2, 0) is 30.7 Å². The van der Waals surface area contributed by atoms with Crippen molar-refractivity contribution in [2.45, 2.75) is 38.0 Å². The molecule has 7 heteroatoms. The van der Waals surface area contributed by atoms with Gasteiger partial charge in [0, 0.05) is 27.0 Å². The number of hydrogen-bond acceptors (Lipinski definition) is 5. The van der Waals surface area contributed by atoms with E-state index in [2.05, 4.69) is 0 Å². The van der Waals surface area contributed by atoms with Crippen LogP contribution in [0, 0.1) is 11.8 Å². The molecule has 1 spiro atoms. The van der Waals surface area contributed by atoms with Crippen LogP contribution in [0.2, 0.25) is 0 Å². The van der Waals surface area contributed by atoms with Crippen molar-refractivity contribution in [2.24, 2.45) is 11.8 Å². The van der Waals surface area contributed by atoms with Gasteiger partial charge in [0.15, 0.2) is 5.78 Å². The van der Waals surface area contributed by atoms with Gasteiger partial charge in [0.1, 0.15) is 17.7 Å². The minimum Gasteiger partial charge on any atom is -0.387 e. The van der Waals surface area contributed by atoms with Crippen LogP contribution >= 0.6 is 0 Å². The first kappa shape index (κ1) is 14.8. The summed E-state index contributed by atoms with van der Waals surface area (Å²) >= 11 is 0. The van der Waals surface area contributed by atoms with E-state index in [1.165, 1.54) is 0 Å². The fraction of sp³-hybridized carbons (Fsp3) is 0.800. The van der Waals surface area contributed by atoms with E-state index in [0.29, 0.717) is 5.06 Å². The van der Waals surface area contributed by atoms with Gasteiger partial charge in [0.25, 0.3) is 0 Å². The molecular formula is C10H15NO5W. The SMILES string of the molecule is C[C@@H]1C(=O)[C@H](O)[C@H](O)C2(CC(=O)N2O)[C@@H]1C.[W]. The summed E-state index contributed by atoms with van der Waals surface area (Å²) in [7, 11) is 0. The Kier molecular flexibility index (Phi) is 3.85. The largest absolute Gasteiger partial charge is 0.387 e. The number of carbonyl (C=O) groups excluding carboxylic acids is 2. The third kappa shape index (κ3) is 1.62. The summed E-state index contributed by atoms with van der Waals surface area (Å²) in [6.07, 6.45) is -3.00. The van der Waals surface area contributed by atoms with Crippen molar-refractivity contribution in [1.29, 1.82) is 0 Å². The fourth-order valence-electron chi connectivity index (χ4n) is 2.76. The third-order valence-electron chi connectivity index (χ3n) is 4.16. The smallest absolute Gasteiger partial charge is 0.249 e. The summed E-state index contributed by atoms with van der Waals surface area (Å²) in [6, 6.07) is 0. The van der Waals surface area contributed by atoms with E-state index in [9.17, 15) is 25.0 Å². The number of aliphatic hydroxyl groups is 2. The standard InChI is InChI=1S/C10H15NO5.W/c1-4-5(2)10(3-6(12)11(10)16)9(15)8(14)7(4)13;/h4-5,8-9,14-16H,3H2,1-2H3;/t4-,5+,8-,9-,10?;/m0./s1. The molecule has 1 saturated carbocycles. The van der Waals surface area contributed by atoms with Crippen molar-refractivity contribution in [2.75, 3.05) is 0 Å². The van der Waals surface area contributed by atoms with Gasteiger partial charge in [-0.05, 0) is 5.92 Å². The van der Waals surface area contributed by atoms with E-state index >= 15 is 0 Å². The van der Waals surface area contributed by atoms with Gasteiger partial charge in [-0.1, -0.05) is 13.8 Å². The molecular weight excluding hydrogens is 398 g/mol. The molecule has 0 bridgehead atoms. The summed E-state index contributed by atoms with van der Waals surface area (Å²) < 4.78 is 0. The molecule has 0 aromatic carbocycles. The molecule has 3 N–H and O–H groups in total. The fourth-order valence-corrected chi connectivity index (χ4v) is 2.76. The van der Waals surface area contributed by atoms with E-state index in [0.717, 1.165) is 0 Å². The van der Waals surface area contributed by atoms with Crippen LogP contribution in [0.3, 0.4) is 0 Å². The number of aliphatic hydroxyl groups excluding tert-OH is 2. The van der Waals surface area contributed by atoms with Gasteiger partial charge in [-0.15, -0.1) is 0 Å². The Hall–Kier alpha value is -0.292. The number of Topliss-reactive ketones (excluding diaryl/α,β-unsaturated/α-hetero) is 1. The molecule has 2 fully saturated rings. The second kappa shape index (κ2) is 4.43. The van der Waals surface area contributed by atoms with Crippen LogP contribution in [0.5, 0.6) is 0 Å². The zero-order chi connectivity index (χ0) is 12.2. The van der Waals surface area contributed by atoms with Gasteiger partial charge < -0.3 is 10.2 Å². The Balaban J connectivity index is 0.00000144. The quantitative estimate of drug-likeness (QED) is 0.347. The first-order chi connectivity index (χ1) is 7.34. The van der Waals surface area contributed by atoms with Crippen molar-refractivity contribution in [3.8, 4) is 0 Å². The molecule has 0 aromatic rings. The van der Waals surface area contributed by atoms with Crippen molar-refractivity contribution in [3.05, 3.63) is 0 Å². The molecule has 1 aliphatic carbocycles. The average Bonchev–Trinajstić information content (AvgIpc) is 2.28. The molecule has 1 aliphatic heterocycles. The molecule has 5 atom stereocenters. The van der Waals surface area contributed by atoms with Gasteiger partial charge >= 0.3 is 0 Å². The normalized spacial score (nSPS) is 45.6. The van der Waals surface area contributed by atoms with Crippen molar-refractivity contribution in [3.63, 3.8) is 0 Å². The molecule has 96 valence electrons. The molecule has 2 aliphatic rings. The van der Waals surface area contributed by atoms with Crippen molar-refractivity contribution >= 4 is 11.7 Å². The summed E-state index contributed by atoms with van der Waals surface area (Å²) in [4.78, 5) is 22.7. The number of amides is 1. The van der Waals surface area contributed by atoms with E-state index in [1.54, 1.807) is 13.8 Å². The second-order valence-electron chi connectivity index (χ2n) is 4.74. The molecule has 0 aromatic heterocycles. The van der Waals surface area contributed by atoms with E-state index in [1.807, 2.05) is 0 Å². The van der Waals surface area contributed by atoms with Gasteiger partial charge in [-0.2, -0.15) is 0 Å². The number of rotatable bonds is 0. The number of carbonyl (C=O) groups is 2. The minimum atomic E-state index is -1.53. The predicted octanol–water partition coefficient (Wildman–Crippen LogP) is -1.08. The number of nitrogens with zero attached hydrogens (tertiary/aromatic N) is 1. The first-order valence-electron chi connectivity index (χ1n) is 5.26. The van der Waals surface area contributed by atoms with Crippen LogP contribution in [0.1, 0.15) is 20.3 Å². The molecule has 1 heterocycles. The summed E-state index contributed by atoms with van der Waals surface area (Å²) in [5, 5.41) is 29.5. The number of β-lactam (4-membered cyclic amide) rings is 1. The van der Waals surface area contributed by atoms with Crippen LogP contribution in [-0.4, -0.2) is 49.9 Å². The Morgan fingerprint density at radius 1 is 1.29 bits per heavy atom. The van der Waals surface area contributed by atoms with Gasteiger partial charge in [0.05, 0.1) is 6.42 Å². The molecule has 17 heavy (non-hydrogen) atoms. The van der Waals surface area contributed by atoms with Crippen molar-refractivity contribution in [1.82, 2.24) is 5.06 Å². The minimum absolute atomic E-state index is 0. The zero-order valence-corrected chi connectivity index (χ0v) is 12.5. The number of hydrogen-bond donors (Lipinski definition) is 3. The van der Waals surface area contributed by atoms with E-state index in [4.69, 9.17) is 0 Å². The van der Waals surface area contributed by atoms with Crippen LogP contribution in [0.15, 0.2) is 0 Å². The number of hydroxylamine groups is 2. The predicted molar refractivity (Wildman–Crippen MR) is 51.3 cm³/mol. The maximum Gasteiger partial charge on any atom is 0.249 e. The third-order valence-corrected chi connectivity index (χ3v) is 4.16. The maximum absolute atomic E-state index is 11.6. The first-order valence-corrected chi connectivity index (χ1v) is 5.26. The van der Waals surface area contributed by atoms with E-state index in [-0.39, 0.29) is 33.4 Å². The number of ketones is 1. The summed E-state index contributed by atoms with van der Waals surface area (Å²) in [5.74, 6) is -1.83. The van der Waals surface area contributed by atoms with Crippen LogP contribution in [0.4, 0.5) is 0 Å². The summed E-state index contributed by atoms with van der Waals surface area (Å²) in [6.45, 7) is 3.31. The Morgan fingerprint density at radius 3 is 2.24 bits per heavy atom. The molecule has 1 saturated heterocycles. The topological polar surface area (TPSA) is 98.1 Å². The maximum atomic E-state index is 11.6. The monoisotopic (exact) mass is 413 g/mol. The molecule has 2 rings (SSSR count). The Labute approximate surface area is 113 Å². The Bertz CT molecular complexity index is 343. The van der Waals surface area contributed by atoms with Crippen molar-refractivity contribution < 1.29 is 46.1 Å². The molecule has 0 radical (unpaired) electrons. The molecule has 1 unspecified atom stereocenters. The Morgan fingerprint density at radius 2 is 1.82 bits per heavy atom. The van der Waals surface area contributed by atoms with Crippen LogP contribution in [0.25, 0.3) is 0 Å². The van der Waals surface area contributed by atoms with Crippen LogP contribution < -0.4 is 0 Å². The van der Waals surface area contributed by atoms with Gasteiger partial charge in [0.2, 0.25) is 5.91 Å². The second-order valence-corrected chi connectivity index (χ2v) is 4.74. The molecule has 6 nitrogen and oxygen atoms in total. The van der Waals surface area contributed by atoms with Gasteiger partial charge in [-0.25, -0.2) is 5.06 Å². The average molecular weight is 413 g/mol. The van der Waals surface area contributed by atoms with E-state index < -0.39 is 35.4 Å². The zero-order valence-electron chi connectivity index (χ0n) is 9.53. The summed E-state index contributed by atoms with van der Waals surface area (Å²) in [5.41, 5.74) is -1.20. The molecule has 1 amide bonds.